The highest BCUT2D eigenvalue weighted by atomic mass is 16.5. The number of methoxy groups -OCH3 is 1. The third-order valence-electron chi connectivity index (χ3n) is 4.33. The summed E-state index contributed by atoms with van der Waals surface area (Å²) in [7, 11) is 1.61. The molecule has 0 atom stereocenters. The minimum atomic E-state index is -0.131. The number of nitrogens with zero attached hydrogens (tertiary/aromatic N) is 4. The van der Waals surface area contributed by atoms with Gasteiger partial charge < -0.3 is 15.4 Å². The van der Waals surface area contributed by atoms with Crippen LogP contribution in [0.2, 0.25) is 0 Å². The molecule has 2 N–H and O–H groups in total. The molecule has 0 aliphatic heterocycles. The van der Waals surface area contributed by atoms with E-state index < -0.39 is 0 Å². The molecule has 1 heterocycles. The minimum absolute atomic E-state index is 0.131. The first kappa shape index (κ1) is 17.0. The molecule has 2 aromatic carbocycles. The van der Waals surface area contributed by atoms with Gasteiger partial charge in [0.15, 0.2) is 5.82 Å². The van der Waals surface area contributed by atoms with Gasteiger partial charge in [0.25, 0.3) is 0 Å². The van der Waals surface area contributed by atoms with Crippen molar-refractivity contribution in [2.75, 3.05) is 24.3 Å². The molecule has 1 aromatic heterocycles. The van der Waals surface area contributed by atoms with E-state index in [1.165, 1.54) is 0 Å². The Morgan fingerprint density at radius 1 is 1.19 bits per heavy atom. The molecule has 0 unspecified atom stereocenters. The SMILES string of the molecule is COc1ccc(NC(=O)CNc2cccc(-c3nnnn3C3CC3)c2)cc1. The van der Waals surface area contributed by atoms with E-state index in [1.807, 2.05) is 28.9 Å². The van der Waals surface area contributed by atoms with Crippen molar-refractivity contribution < 1.29 is 9.53 Å². The van der Waals surface area contributed by atoms with Crippen molar-refractivity contribution in [1.82, 2.24) is 20.2 Å². The Bertz CT molecular complexity index is 933. The lowest BCUT2D eigenvalue weighted by molar-refractivity contribution is -0.114. The summed E-state index contributed by atoms with van der Waals surface area (Å²) < 4.78 is 6.98. The second-order valence-corrected chi connectivity index (χ2v) is 6.39. The highest BCUT2D eigenvalue weighted by Gasteiger charge is 2.28. The van der Waals surface area contributed by atoms with E-state index in [0.29, 0.717) is 6.04 Å². The van der Waals surface area contributed by atoms with Crippen molar-refractivity contribution in [2.45, 2.75) is 18.9 Å². The van der Waals surface area contributed by atoms with E-state index in [2.05, 4.69) is 26.2 Å². The van der Waals surface area contributed by atoms with Gasteiger partial charge in [0, 0.05) is 16.9 Å². The number of hydrogen-bond donors (Lipinski definition) is 2. The summed E-state index contributed by atoms with van der Waals surface area (Å²) in [6.45, 7) is 0.156. The van der Waals surface area contributed by atoms with Crippen molar-refractivity contribution in [2.24, 2.45) is 0 Å². The van der Waals surface area contributed by atoms with Gasteiger partial charge in [-0.15, -0.1) is 5.10 Å². The fraction of sp³-hybridized carbons (Fsp3) is 0.263. The van der Waals surface area contributed by atoms with Crippen molar-refractivity contribution in [1.29, 1.82) is 0 Å². The average molecular weight is 364 g/mol. The van der Waals surface area contributed by atoms with Crippen LogP contribution in [0.5, 0.6) is 5.75 Å². The maximum atomic E-state index is 12.2. The smallest absolute Gasteiger partial charge is 0.243 e. The molecule has 3 aromatic rings. The van der Waals surface area contributed by atoms with Crippen LogP contribution in [0.1, 0.15) is 18.9 Å². The van der Waals surface area contributed by atoms with Crippen LogP contribution in [0.15, 0.2) is 48.5 Å². The molecule has 1 aliphatic carbocycles. The first-order valence-electron chi connectivity index (χ1n) is 8.79. The minimum Gasteiger partial charge on any atom is -0.497 e. The summed E-state index contributed by atoms with van der Waals surface area (Å²) in [5.74, 6) is 1.37. The van der Waals surface area contributed by atoms with Gasteiger partial charge in [-0.1, -0.05) is 12.1 Å². The number of tetrazole rings is 1. The normalized spacial score (nSPS) is 13.2. The molecule has 0 spiro atoms. The van der Waals surface area contributed by atoms with Gasteiger partial charge in [0.2, 0.25) is 5.91 Å². The zero-order valence-corrected chi connectivity index (χ0v) is 14.9. The average Bonchev–Trinajstić information content (AvgIpc) is 3.43. The van der Waals surface area contributed by atoms with Crippen LogP contribution < -0.4 is 15.4 Å². The summed E-state index contributed by atoms with van der Waals surface area (Å²) >= 11 is 0. The number of nitrogens with one attached hydrogen (secondary N) is 2. The lowest BCUT2D eigenvalue weighted by Gasteiger charge is -2.10. The number of hydrogen-bond acceptors (Lipinski definition) is 6. The molecule has 138 valence electrons. The molecule has 0 saturated heterocycles. The zero-order valence-electron chi connectivity index (χ0n) is 14.9. The van der Waals surface area contributed by atoms with E-state index in [1.54, 1.807) is 31.4 Å². The van der Waals surface area contributed by atoms with Gasteiger partial charge in [-0.05, 0) is 59.7 Å². The van der Waals surface area contributed by atoms with Crippen LogP contribution in [-0.4, -0.2) is 39.8 Å². The van der Waals surface area contributed by atoms with E-state index in [0.717, 1.165) is 41.4 Å². The van der Waals surface area contributed by atoms with Gasteiger partial charge in [0.1, 0.15) is 5.75 Å². The van der Waals surface area contributed by atoms with E-state index in [9.17, 15) is 4.79 Å². The third-order valence-corrected chi connectivity index (χ3v) is 4.33. The van der Waals surface area contributed by atoms with Gasteiger partial charge >= 0.3 is 0 Å². The summed E-state index contributed by atoms with van der Waals surface area (Å²) in [4.78, 5) is 12.2. The second-order valence-electron chi connectivity index (χ2n) is 6.39. The standard InChI is InChI=1S/C19H20N6O2/c1-27-17-9-5-14(6-10-17)21-18(26)12-20-15-4-2-3-13(11-15)19-22-23-24-25(19)16-7-8-16/h2-6,9-11,16,20H,7-8,12H2,1H3,(H,21,26). The molecule has 1 fully saturated rings. The topological polar surface area (TPSA) is 94.0 Å². The molecule has 0 radical (unpaired) electrons. The molecule has 8 nitrogen and oxygen atoms in total. The van der Waals surface area contributed by atoms with Crippen molar-refractivity contribution in [3.05, 3.63) is 48.5 Å². The fourth-order valence-electron chi connectivity index (χ4n) is 2.78. The van der Waals surface area contributed by atoms with Gasteiger partial charge in [-0.25, -0.2) is 4.68 Å². The summed E-state index contributed by atoms with van der Waals surface area (Å²) in [6, 6.07) is 15.4. The molecular weight excluding hydrogens is 344 g/mol. The number of carbonyl (C=O) groups excluding carboxylic acids is 1. The van der Waals surface area contributed by atoms with Crippen molar-refractivity contribution in [3.8, 4) is 17.1 Å². The maximum Gasteiger partial charge on any atom is 0.243 e. The Morgan fingerprint density at radius 3 is 2.74 bits per heavy atom. The highest BCUT2D eigenvalue weighted by Crippen LogP contribution is 2.36. The Morgan fingerprint density at radius 2 is 2.00 bits per heavy atom. The third kappa shape index (κ3) is 4.05. The van der Waals surface area contributed by atoms with Crippen LogP contribution in [0.3, 0.4) is 0 Å². The second kappa shape index (κ2) is 7.45. The highest BCUT2D eigenvalue weighted by molar-refractivity contribution is 5.93. The number of ether oxygens (including phenoxy) is 1. The first-order chi connectivity index (χ1) is 13.2. The van der Waals surface area contributed by atoms with Crippen molar-refractivity contribution in [3.63, 3.8) is 0 Å². The monoisotopic (exact) mass is 364 g/mol. The van der Waals surface area contributed by atoms with E-state index >= 15 is 0 Å². The maximum absolute atomic E-state index is 12.2. The van der Waals surface area contributed by atoms with Gasteiger partial charge in [0.05, 0.1) is 19.7 Å². The molecule has 8 heteroatoms. The molecule has 1 amide bonds. The van der Waals surface area contributed by atoms with Crippen LogP contribution >= 0.6 is 0 Å². The largest absolute Gasteiger partial charge is 0.497 e. The molecule has 1 aliphatic rings. The number of benzene rings is 2. The fourth-order valence-corrected chi connectivity index (χ4v) is 2.78. The lowest BCUT2D eigenvalue weighted by atomic mass is 10.2. The number of aromatic nitrogens is 4. The lowest BCUT2D eigenvalue weighted by Crippen LogP contribution is -2.21. The number of amides is 1. The molecule has 1 saturated carbocycles. The number of anilines is 2. The van der Waals surface area contributed by atoms with Crippen LogP contribution in [0.25, 0.3) is 11.4 Å². The van der Waals surface area contributed by atoms with Crippen LogP contribution in [0.4, 0.5) is 11.4 Å². The van der Waals surface area contributed by atoms with Crippen molar-refractivity contribution >= 4 is 17.3 Å². The Labute approximate surface area is 156 Å². The molecule has 27 heavy (non-hydrogen) atoms. The summed E-state index contributed by atoms with van der Waals surface area (Å²) in [5.41, 5.74) is 2.48. The number of carbonyl (C=O) groups is 1. The predicted molar refractivity (Wildman–Crippen MR) is 102 cm³/mol. The summed E-state index contributed by atoms with van der Waals surface area (Å²) in [6.07, 6.45) is 2.23. The predicted octanol–water partition coefficient (Wildman–Crippen LogP) is 2.73. The number of rotatable bonds is 7. The Hall–Kier alpha value is -3.42. The zero-order chi connectivity index (χ0) is 18.6. The molecule has 0 bridgehead atoms. The Kier molecular flexibility index (Phi) is 4.69. The first-order valence-corrected chi connectivity index (χ1v) is 8.79. The van der Waals surface area contributed by atoms with Crippen LogP contribution in [-0.2, 0) is 4.79 Å². The quantitative estimate of drug-likeness (QED) is 0.669. The Balaban J connectivity index is 1.38. The van der Waals surface area contributed by atoms with E-state index in [-0.39, 0.29) is 12.5 Å². The molecular formula is C19H20N6O2. The van der Waals surface area contributed by atoms with Gasteiger partial charge in [-0.2, -0.15) is 0 Å². The van der Waals surface area contributed by atoms with Crippen LogP contribution in [0, 0.1) is 0 Å². The molecule has 4 rings (SSSR count). The summed E-state index contributed by atoms with van der Waals surface area (Å²) in [5, 5.41) is 18.0. The van der Waals surface area contributed by atoms with Gasteiger partial charge in [-0.3, -0.25) is 4.79 Å². The van der Waals surface area contributed by atoms with E-state index in [4.69, 9.17) is 4.74 Å².